The van der Waals surface area contributed by atoms with Crippen LogP contribution in [-0.4, -0.2) is 35.8 Å². The van der Waals surface area contributed by atoms with Crippen LogP contribution in [0.2, 0.25) is 0 Å². The lowest BCUT2D eigenvalue weighted by Crippen LogP contribution is -2.50. The number of primary amides is 1. The molecule has 4 nitrogen and oxygen atoms in total. The normalized spacial score (nSPS) is 17.0. The van der Waals surface area contributed by atoms with E-state index in [2.05, 4.69) is 29.2 Å². The molecule has 0 saturated carbocycles. The maximum absolute atomic E-state index is 12.2. The predicted octanol–water partition coefficient (Wildman–Crippen LogP) is 3.45. The number of nitrogens with zero attached hydrogens (tertiary/aromatic N) is 1. The van der Waals surface area contributed by atoms with Crippen molar-refractivity contribution < 1.29 is 9.53 Å². The minimum atomic E-state index is -0.465. The Labute approximate surface area is 159 Å². The van der Waals surface area contributed by atoms with Crippen molar-refractivity contribution in [2.75, 3.05) is 20.2 Å². The Balaban J connectivity index is 1.58. The highest BCUT2D eigenvalue weighted by atomic mass is 32.2. The molecule has 1 aliphatic heterocycles. The van der Waals surface area contributed by atoms with Crippen LogP contribution in [0.25, 0.3) is 0 Å². The number of piperidine rings is 1. The fraction of sp³-hybridized carbons (Fsp3) is 0.381. The van der Waals surface area contributed by atoms with E-state index in [9.17, 15) is 4.79 Å². The molecule has 26 heavy (non-hydrogen) atoms. The predicted molar refractivity (Wildman–Crippen MR) is 107 cm³/mol. The fourth-order valence-electron chi connectivity index (χ4n) is 3.32. The molecular weight excluding hydrogens is 344 g/mol. The van der Waals surface area contributed by atoms with Gasteiger partial charge in [0.15, 0.2) is 0 Å². The van der Waals surface area contributed by atoms with E-state index in [0.29, 0.717) is 0 Å². The third-order valence-electron chi connectivity index (χ3n) is 5.04. The van der Waals surface area contributed by atoms with Crippen LogP contribution >= 0.6 is 11.8 Å². The van der Waals surface area contributed by atoms with Gasteiger partial charge in [0.1, 0.15) is 5.75 Å². The van der Waals surface area contributed by atoms with Crippen LogP contribution in [0.3, 0.4) is 0 Å². The monoisotopic (exact) mass is 370 g/mol. The molecule has 0 atom stereocenters. The van der Waals surface area contributed by atoms with Crippen molar-refractivity contribution >= 4 is 17.7 Å². The number of nitrogens with two attached hydrogens (primary N) is 1. The second-order valence-electron chi connectivity index (χ2n) is 6.76. The molecule has 1 heterocycles. The van der Waals surface area contributed by atoms with E-state index in [1.807, 2.05) is 30.3 Å². The second-order valence-corrected chi connectivity index (χ2v) is 8.12. The molecule has 0 radical (unpaired) electrons. The molecule has 0 unspecified atom stereocenters. The van der Waals surface area contributed by atoms with Crippen LogP contribution < -0.4 is 10.5 Å². The number of carbonyl (C=O) groups is 1. The van der Waals surface area contributed by atoms with Gasteiger partial charge in [-0.3, -0.25) is 9.69 Å². The summed E-state index contributed by atoms with van der Waals surface area (Å²) in [5, 5.41) is 0. The van der Waals surface area contributed by atoms with Crippen LogP contribution in [-0.2, 0) is 17.1 Å². The summed E-state index contributed by atoms with van der Waals surface area (Å²) in [6.45, 7) is 2.72. The van der Waals surface area contributed by atoms with E-state index in [0.717, 1.165) is 44.0 Å². The molecule has 0 bridgehead atoms. The molecule has 3 rings (SSSR count). The Morgan fingerprint density at radius 2 is 1.73 bits per heavy atom. The first-order chi connectivity index (χ1) is 12.6. The number of carbonyl (C=O) groups excluding carboxylic acids is 1. The average molecular weight is 371 g/mol. The van der Waals surface area contributed by atoms with Gasteiger partial charge in [-0.15, -0.1) is 11.8 Å². The van der Waals surface area contributed by atoms with Crippen LogP contribution in [0.5, 0.6) is 5.75 Å². The highest BCUT2D eigenvalue weighted by Gasteiger charge is 2.40. The number of hydrogen-bond acceptors (Lipinski definition) is 4. The second kappa shape index (κ2) is 8.60. The van der Waals surface area contributed by atoms with Crippen molar-refractivity contribution in [3.05, 3.63) is 65.7 Å². The number of amides is 1. The van der Waals surface area contributed by atoms with E-state index in [1.165, 1.54) is 11.1 Å². The Kier molecular flexibility index (Phi) is 6.22. The lowest BCUT2D eigenvalue weighted by Gasteiger charge is -2.39. The van der Waals surface area contributed by atoms with Gasteiger partial charge in [-0.1, -0.05) is 42.5 Å². The van der Waals surface area contributed by atoms with E-state index in [1.54, 1.807) is 18.9 Å². The van der Waals surface area contributed by atoms with Crippen molar-refractivity contribution in [3.8, 4) is 5.75 Å². The van der Waals surface area contributed by atoms with E-state index < -0.39 is 4.75 Å². The molecule has 2 aromatic rings. The van der Waals surface area contributed by atoms with Crippen molar-refractivity contribution in [1.82, 2.24) is 4.90 Å². The third kappa shape index (κ3) is 4.59. The SMILES string of the molecule is COc1ccc(CSC2(C(N)=O)CCN(Cc3ccccc3)CC2)cc1. The number of benzene rings is 2. The van der Waals surface area contributed by atoms with Crippen molar-refractivity contribution in [1.29, 1.82) is 0 Å². The lowest BCUT2D eigenvalue weighted by atomic mass is 9.94. The molecule has 2 aromatic carbocycles. The molecular formula is C21H26N2O2S. The molecule has 1 amide bonds. The first kappa shape index (κ1) is 18.8. The fourth-order valence-corrected chi connectivity index (χ4v) is 4.57. The topological polar surface area (TPSA) is 55.6 Å². The summed E-state index contributed by atoms with van der Waals surface area (Å²) in [6.07, 6.45) is 1.60. The maximum atomic E-state index is 12.2. The molecule has 5 heteroatoms. The Hall–Kier alpha value is -1.98. The van der Waals surface area contributed by atoms with Gasteiger partial charge in [-0.25, -0.2) is 0 Å². The largest absolute Gasteiger partial charge is 0.497 e. The average Bonchev–Trinajstić information content (AvgIpc) is 2.68. The van der Waals surface area contributed by atoms with Gasteiger partial charge in [-0.05, 0) is 36.1 Å². The van der Waals surface area contributed by atoms with Gasteiger partial charge < -0.3 is 10.5 Å². The van der Waals surface area contributed by atoms with Crippen LogP contribution in [0.15, 0.2) is 54.6 Å². The zero-order valence-corrected chi connectivity index (χ0v) is 16.0. The van der Waals surface area contributed by atoms with Gasteiger partial charge in [0.05, 0.1) is 11.9 Å². The van der Waals surface area contributed by atoms with Gasteiger partial charge >= 0.3 is 0 Å². The Morgan fingerprint density at radius 1 is 1.08 bits per heavy atom. The first-order valence-corrected chi connectivity index (χ1v) is 9.93. The van der Waals surface area contributed by atoms with E-state index in [4.69, 9.17) is 10.5 Å². The lowest BCUT2D eigenvalue weighted by molar-refractivity contribution is -0.121. The van der Waals surface area contributed by atoms with E-state index in [-0.39, 0.29) is 5.91 Å². The highest BCUT2D eigenvalue weighted by Crippen LogP contribution is 2.38. The number of likely N-dealkylation sites (tertiary alicyclic amines) is 1. The summed E-state index contributed by atoms with van der Waals surface area (Å²) in [6, 6.07) is 18.5. The highest BCUT2D eigenvalue weighted by molar-refractivity contribution is 8.00. The minimum absolute atomic E-state index is 0.185. The number of methoxy groups -OCH3 is 1. The summed E-state index contributed by atoms with van der Waals surface area (Å²) >= 11 is 1.69. The minimum Gasteiger partial charge on any atom is -0.497 e. The molecule has 1 aliphatic rings. The Bertz CT molecular complexity index is 711. The summed E-state index contributed by atoms with van der Waals surface area (Å²) in [5.74, 6) is 1.44. The molecule has 0 aromatic heterocycles. The molecule has 2 N–H and O–H groups in total. The molecule has 0 aliphatic carbocycles. The zero-order valence-electron chi connectivity index (χ0n) is 15.2. The molecule has 138 valence electrons. The van der Waals surface area contributed by atoms with Gasteiger partial charge in [0, 0.05) is 25.4 Å². The zero-order chi connectivity index (χ0) is 18.4. The van der Waals surface area contributed by atoms with Crippen LogP contribution in [0.1, 0.15) is 24.0 Å². The number of thioether (sulfide) groups is 1. The third-order valence-corrected chi connectivity index (χ3v) is 6.68. The van der Waals surface area contributed by atoms with Crippen LogP contribution in [0, 0.1) is 0 Å². The summed E-state index contributed by atoms with van der Waals surface area (Å²) in [5.41, 5.74) is 8.31. The standard InChI is InChI=1S/C21H26N2O2S/c1-25-19-9-7-18(8-10-19)16-26-21(20(22)24)11-13-23(14-12-21)15-17-5-3-2-4-6-17/h2-10H,11-16H2,1H3,(H2,22,24). The molecule has 1 saturated heterocycles. The van der Waals surface area contributed by atoms with E-state index >= 15 is 0 Å². The van der Waals surface area contributed by atoms with Crippen molar-refractivity contribution in [3.63, 3.8) is 0 Å². The molecule has 1 fully saturated rings. The first-order valence-electron chi connectivity index (χ1n) is 8.94. The van der Waals surface area contributed by atoms with Crippen LogP contribution in [0.4, 0.5) is 0 Å². The quantitative estimate of drug-likeness (QED) is 0.811. The van der Waals surface area contributed by atoms with Crippen molar-refractivity contribution in [2.45, 2.75) is 29.9 Å². The molecule has 0 spiro atoms. The number of ether oxygens (including phenoxy) is 1. The maximum Gasteiger partial charge on any atom is 0.233 e. The van der Waals surface area contributed by atoms with Crippen molar-refractivity contribution in [2.24, 2.45) is 5.73 Å². The van der Waals surface area contributed by atoms with Gasteiger partial charge in [-0.2, -0.15) is 0 Å². The summed E-state index contributed by atoms with van der Waals surface area (Å²) < 4.78 is 4.73. The summed E-state index contributed by atoms with van der Waals surface area (Å²) in [4.78, 5) is 14.6. The smallest absolute Gasteiger partial charge is 0.233 e. The Morgan fingerprint density at radius 3 is 2.31 bits per heavy atom. The number of rotatable bonds is 7. The number of hydrogen-bond donors (Lipinski definition) is 1. The summed E-state index contributed by atoms with van der Waals surface area (Å²) in [7, 11) is 1.66. The van der Waals surface area contributed by atoms with Gasteiger partial charge in [0.2, 0.25) is 5.91 Å². The van der Waals surface area contributed by atoms with Gasteiger partial charge in [0.25, 0.3) is 0 Å².